The molecular formula is C52H63N5O7S. The molecule has 0 aromatic heterocycles. The Kier molecular flexibility index (Phi) is 17.7. The minimum atomic E-state index is -1.01. The number of aromatic hydroxyl groups is 1. The number of rotatable bonds is 19. The summed E-state index contributed by atoms with van der Waals surface area (Å²) in [7, 11) is 1.65. The van der Waals surface area contributed by atoms with E-state index in [1.54, 1.807) is 30.9 Å². The quantitative estimate of drug-likeness (QED) is 0.0545. The van der Waals surface area contributed by atoms with Crippen LogP contribution in [0.4, 0.5) is 0 Å². The van der Waals surface area contributed by atoms with Crippen LogP contribution in [0.15, 0.2) is 114 Å². The van der Waals surface area contributed by atoms with E-state index < -0.39 is 41.3 Å². The molecule has 3 atom stereocenters. The molecule has 344 valence electrons. The normalized spacial score (nSPS) is 16.2. The van der Waals surface area contributed by atoms with E-state index in [0.717, 1.165) is 50.4 Å². The van der Waals surface area contributed by atoms with Crippen molar-refractivity contribution in [1.29, 1.82) is 0 Å². The Bertz CT molecular complexity index is 2340. The van der Waals surface area contributed by atoms with Crippen molar-refractivity contribution in [2.45, 2.75) is 85.0 Å². The molecule has 4 N–H and O–H groups in total. The number of aliphatic imine (C=N–C) groups is 1. The highest BCUT2D eigenvalue weighted by molar-refractivity contribution is 8.07. The van der Waals surface area contributed by atoms with Gasteiger partial charge in [-0.1, -0.05) is 107 Å². The Hall–Kier alpha value is -6.18. The lowest BCUT2D eigenvalue weighted by molar-refractivity contribution is -0.144. The van der Waals surface area contributed by atoms with Crippen molar-refractivity contribution in [2.75, 3.05) is 33.0 Å². The van der Waals surface area contributed by atoms with Gasteiger partial charge in [0.15, 0.2) is 0 Å². The molecule has 1 aliphatic heterocycles. The number of nitrogens with one attached hydrogen (secondary N) is 2. The molecule has 0 saturated carbocycles. The van der Waals surface area contributed by atoms with Gasteiger partial charge >= 0.3 is 0 Å². The second kappa shape index (κ2) is 23.1. The first-order valence-corrected chi connectivity index (χ1v) is 23.2. The SMILES string of the molecule is C=N/C(C)=C(\SC)c1ccc(CNC(=O)[C@@H]2C[C@@H](O)CN2C(=O)[C@@H](NC(=O)CCC(=O)N(C)CCOc2ccc(/C(=C(/CC)c3ccccc3)c3ccc(O)cc3)cc2)C(C)(C)C)cc1. The molecule has 4 amide bonds. The van der Waals surface area contributed by atoms with Crippen LogP contribution in [-0.2, 0) is 25.7 Å². The fourth-order valence-corrected chi connectivity index (χ4v) is 8.57. The zero-order valence-corrected chi connectivity index (χ0v) is 39.4. The van der Waals surface area contributed by atoms with Crippen LogP contribution in [0, 0.1) is 5.41 Å². The molecule has 12 nitrogen and oxygen atoms in total. The van der Waals surface area contributed by atoms with Gasteiger partial charge in [-0.3, -0.25) is 24.2 Å². The van der Waals surface area contributed by atoms with Gasteiger partial charge in [-0.15, -0.1) is 11.8 Å². The van der Waals surface area contributed by atoms with Crippen molar-refractivity contribution in [3.63, 3.8) is 0 Å². The molecule has 0 unspecified atom stereocenters. The maximum atomic E-state index is 14.1. The Morgan fingerprint density at radius 1 is 0.908 bits per heavy atom. The number of carbonyl (C=O) groups excluding carboxylic acids is 4. The molecule has 1 saturated heterocycles. The largest absolute Gasteiger partial charge is 0.508 e. The van der Waals surface area contributed by atoms with Crippen molar-refractivity contribution < 1.29 is 34.1 Å². The summed E-state index contributed by atoms with van der Waals surface area (Å²) in [6.45, 7) is 13.8. The monoisotopic (exact) mass is 901 g/mol. The Morgan fingerprint density at radius 2 is 1.52 bits per heavy atom. The highest BCUT2D eigenvalue weighted by Crippen LogP contribution is 2.36. The van der Waals surface area contributed by atoms with Gasteiger partial charge < -0.3 is 35.4 Å². The van der Waals surface area contributed by atoms with Crippen molar-refractivity contribution in [3.05, 3.63) is 137 Å². The van der Waals surface area contributed by atoms with Gasteiger partial charge in [-0.05, 0) is 95.0 Å². The van der Waals surface area contributed by atoms with E-state index in [9.17, 15) is 29.4 Å². The van der Waals surface area contributed by atoms with Gasteiger partial charge in [-0.2, -0.15) is 0 Å². The number of likely N-dealkylation sites (N-methyl/N-ethyl adjacent to an activating group) is 1. The Balaban J connectivity index is 1.13. The minimum absolute atomic E-state index is 0.0456. The summed E-state index contributed by atoms with van der Waals surface area (Å²) in [5.74, 6) is -0.763. The molecular weight excluding hydrogens is 839 g/mol. The summed E-state index contributed by atoms with van der Waals surface area (Å²) in [5.41, 5.74) is 7.27. The van der Waals surface area contributed by atoms with E-state index >= 15 is 0 Å². The molecule has 0 radical (unpaired) electrons. The van der Waals surface area contributed by atoms with Crippen molar-refractivity contribution in [3.8, 4) is 11.5 Å². The third-order valence-corrected chi connectivity index (χ3v) is 12.4. The molecule has 0 aliphatic carbocycles. The maximum absolute atomic E-state index is 14.1. The maximum Gasteiger partial charge on any atom is 0.246 e. The van der Waals surface area contributed by atoms with Gasteiger partial charge in [0.05, 0.1) is 18.3 Å². The molecule has 0 bridgehead atoms. The van der Waals surface area contributed by atoms with E-state index in [2.05, 4.69) is 41.4 Å². The molecule has 5 rings (SSSR count). The number of hydrogen-bond donors (Lipinski definition) is 4. The fourth-order valence-electron chi connectivity index (χ4n) is 7.84. The zero-order chi connectivity index (χ0) is 47.3. The number of hydrogen-bond acceptors (Lipinski definition) is 9. The number of β-amino-alcohol motifs (C(OH)–C–C–N with tert-alkyl or cyclic N) is 1. The lowest BCUT2D eigenvalue weighted by atomic mass is 9.85. The van der Waals surface area contributed by atoms with Crippen LogP contribution in [0.25, 0.3) is 16.1 Å². The average Bonchev–Trinajstić information content (AvgIpc) is 3.70. The topological polar surface area (TPSA) is 161 Å². The van der Waals surface area contributed by atoms with Gasteiger partial charge in [0.1, 0.15) is 30.2 Å². The Morgan fingerprint density at radius 3 is 2.11 bits per heavy atom. The zero-order valence-electron chi connectivity index (χ0n) is 38.6. The molecule has 1 fully saturated rings. The number of aliphatic hydroxyl groups is 1. The summed E-state index contributed by atoms with van der Waals surface area (Å²) in [6, 6.07) is 31.0. The molecule has 65 heavy (non-hydrogen) atoms. The predicted molar refractivity (Wildman–Crippen MR) is 261 cm³/mol. The third kappa shape index (κ3) is 13.4. The van der Waals surface area contributed by atoms with Gasteiger partial charge in [0.2, 0.25) is 23.6 Å². The first-order valence-electron chi connectivity index (χ1n) is 22.0. The number of aliphatic hydroxyl groups excluding tert-OH is 1. The van der Waals surface area contributed by atoms with E-state index in [1.165, 1.54) is 15.4 Å². The van der Waals surface area contributed by atoms with E-state index in [0.29, 0.717) is 5.75 Å². The molecule has 4 aromatic carbocycles. The van der Waals surface area contributed by atoms with E-state index in [1.807, 2.05) is 113 Å². The van der Waals surface area contributed by atoms with Crippen LogP contribution in [0.5, 0.6) is 11.5 Å². The lowest BCUT2D eigenvalue weighted by Crippen LogP contribution is -2.57. The number of ether oxygens (including phenoxy) is 1. The van der Waals surface area contributed by atoms with E-state index in [4.69, 9.17) is 4.74 Å². The molecule has 1 aliphatic rings. The number of nitrogens with zero attached hydrogens (tertiary/aromatic N) is 3. The van der Waals surface area contributed by atoms with Crippen LogP contribution >= 0.6 is 11.8 Å². The van der Waals surface area contributed by atoms with E-state index in [-0.39, 0.29) is 57.2 Å². The highest BCUT2D eigenvalue weighted by Gasteiger charge is 2.44. The summed E-state index contributed by atoms with van der Waals surface area (Å²) >= 11 is 1.58. The first-order chi connectivity index (χ1) is 31.0. The smallest absolute Gasteiger partial charge is 0.246 e. The lowest BCUT2D eigenvalue weighted by Gasteiger charge is -2.35. The number of phenols is 1. The third-order valence-electron chi connectivity index (χ3n) is 11.5. The molecule has 1 heterocycles. The number of carbonyl (C=O) groups is 4. The van der Waals surface area contributed by atoms with Gasteiger partial charge in [0.25, 0.3) is 0 Å². The van der Waals surface area contributed by atoms with Gasteiger partial charge in [0, 0.05) is 44.3 Å². The number of allylic oxidation sites excluding steroid dienone is 2. The number of amides is 4. The number of thioether (sulfide) groups is 1. The number of phenolic OH excluding ortho intramolecular Hbond substituents is 1. The van der Waals surface area contributed by atoms with Gasteiger partial charge in [-0.25, -0.2) is 0 Å². The standard InChI is InChI=1S/C52H63N5O7S/c1-9-43(36-13-11-10-12-14-36)47(37-19-23-40(58)24-20-37)38-21-25-42(26-22-38)64-30-29-56(7)46(61)28-27-45(60)55-49(52(3,4)5)51(63)57-33-41(59)31-44(57)50(62)54-32-35-15-17-39(18-16-35)48(65-8)34(2)53-6/h10-26,41,44,49,58-59H,6,9,27-33H2,1-5,7-8H3,(H,54,62)(H,55,60)/b47-43-,48-34-/t41-,44+,49-/m1/s1. The number of benzene rings is 4. The van der Waals surface area contributed by atoms with Crippen LogP contribution in [0.1, 0.15) is 88.1 Å². The van der Waals surface area contributed by atoms with Crippen LogP contribution < -0.4 is 15.4 Å². The highest BCUT2D eigenvalue weighted by atomic mass is 32.2. The average molecular weight is 902 g/mol. The van der Waals surface area contributed by atoms with Crippen molar-refractivity contribution in [1.82, 2.24) is 20.4 Å². The summed E-state index contributed by atoms with van der Waals surface area (Å²) in [6.07, 6.45) is 1.71. The molecule has 13 heteroatoms. The summed E-state index contributed by atoms with van der Waals surface area (Å²) in [5, 5.41) is 26.3. The van der Waals surface area contributed by atoms with Crippen molar-refractivity contribution >= 4 is 58.2 Å². The second-order valence-corrected chi connectivity index (χ2v) is 18.1. The van der Waals surface area contributed by atoms with Crippen LogP contribution in [0.3, 0.4) is 0 Å². The van der Waals surface area contributed by atoms with Crippen molar-refractivity contribution in [2.24, 2.45) is 10.4 Å². The Labute approximate surface area is 387 Å². The molecule has 0 spiro atoms. The second-order valence-electron chi connectivity index (χ2n) is 17.3. The minimum Gasteiger partial charge on any atom is -0.508 e. The number of likely N-dealkylation sites (tertiary alicyclic amines) is 1. The fraction of sp³-hybridized carbons (Fsp3) is 0.365. The van der Waals surface area contributed by atoms with Crippen LogP contribution in [-0.4, -0.2) is 102 Å². The first kappa shape index (κ1) is 49.8. The summed E-state index contributed by atoms with van der Waals surface area (Å²) in [4.78, 5) is 61.9. The predicted octanol–water partition coefficient (Wildman–Crippen LogP) is 7.94. The van der Waals surface area contributed by atoms with Crippen LogP contribution in [0.2, 0.25) is 0 Å². The molecule has 4 aromatic rings. The summed E-state index contributed by atoms with van der Waals surface area (Å²) < 4.78 is 6.02.